The van der Waals surface area contributed by atoms with Gasteiger partial charge in [-0.1, -0.05) is 25.1 Å². The minimum Gasteiger partial charge on any atom is -0.497 e. The van der Waals surface area contributed by atoms with E-state index >= 15 is 0 Å². The quantitative estimate of drug-likeness (QED) is 0.804. The lowest BCUT2D eigenvalue weighted by molar-refractivity contribution is 0.208. The second kappa shape index (κ2) is 8.40. The van der Waals surface area contributed by atoms with Crippen LogP contribution in [0.3, 0.4) is 0 Å². The molecule has 0 radical (unpaired) electrons. The zero-order valence-electron chi connectivity index (χ0n) is 15.7. The molecule has 2 rings (SSSR count). The van der Waals surface area contributed by atoms with E-state index in [2.05, 4.69) is 5.32 Å². The van der Waals surface area contributed by atoms with E-state index < -0.39 is 9.84 Å². The van der Waals surface area contributed by atoms with Crippen molar-refractivity contribution in [1.82, 2.24) is 10.2 Å². The first-order valence-corrected chi connectivity index (χ1v) is 10.4. The standard InChI is InChI=1S/C19H26N2O4S/c1-5-26(23,24)11-10-21(3)19(22)20-14(2)15-6-7-17-13-18(25-4)9-8-16(17)12-15/h6-9,12-14H,5,10-11H2,1-4H3,(H,20,22)/t14-/m0/s1. The summed E-state index contributed by atoms with van der Waals surface area (Å²) in [7, 11) is 0.141. The van der Waals surface area contributed by atoms with E-state index in [1.807, 2.05) is 43.3 Å². The molecular formula is C19H26N2O4S. The number of methoxy groups -OCH3 is 1. The largest absolute Gasteiger partial charge is 0.497 e. The number of hydrogen-bond donors (Lipinski definition) is 1. The van der Waals surface area contributed by atoms with E-state index in [-0.39, 0.29) is 30.1 Å². The Morgan fingerprint density at radius 1 is 1.19 bits per heavy atom. The number of urea groups is 1. The number of nitrogens with zero attached hydrogens (tertiary/aromatic N) is 1. The number of rotatable bonds is 7. The number of carbonyl (C=O) groups is 1. The molecular weight excluding hydrogens is 352 g/mol. The van der Waals surface area contributed by atoms with Crippen LogP contribution in [0.2, 0.25) is 0 Å². The van der Waals surface area contributed by atoms with Crippen LogP contribution >= 0.6 is 0 Å². The van der Waals surface area contributed by atoms with Gasteiger partial charge in [0.25, 0.3) is 0 Å². The molecule has 2 aromatic rings. The molecule has 0 saturated carbocycles. The predicted molar refractivity (Wildman–Crippen MR) is 104 cm³/mol. The van der Waals surface area contributed by atoms with Crippen molar-refractivity contribution in [1.29, 1.82) is 0 Å². The van der Waals surface area contributed by atoms with E-state index in [0.717, 1.165) is 22.1 Å². The van der Waals surface area contributed by atoms with Crippen LogP contribution < -0.4 is 10.1 Å². The van der Waals surface area contributed by atoms with Gasteiger partial charge in [0.15, 0.2) is 9.84 Å². The van der Waals surface area contributed by atoms with Crippen LogP contribution in [0.25, 0.3) is 10.8 Å². The fourth-order valence-electron chi connectivity index (χ4n) is 2.54. The van der Waals surface area contributed by atoms with Crippen molar-refractivity contribution in [2.45, 2.75) is 19.9 Å². The van der Waals surface area contributed by atoms with Gasteiger partial charge in [0.2, 0.25) is 0 Å². The normalized spacial score (nSPS) is 12.6. The molecule has 7 heteroatoms. The van der Waals surface area contributed by atoms with Crippen LogP contribution in [-0.2, 0) is 9.84 Å². The Bertz CT molecular complexity index is 880. The molecule has 6 nitrogen and oxygen atoms in total. The molecule has 0 saturated heterocycles. The SMILES string of the molecule is CCS(=O)(=O)CCN(C)C(=O)N[C@@H](C)c1ccc2cc(OC)ccc2c1. The third-order valence-corrected chi connectivity index (χ3v) is 6.12. The van der Waals surface area contributed by atoms with E-state index in [1.54, 1.807) is 21.1 Å². The second-order valence-electron chi connectivity index (χ2n) is 6.30. The maximum absolute atomic E-state index is 12.3. The molecule has 1 atom stereocenters. The van der Waals surface area contributed by atoms with Crippen molar-refractivity contribution in [3.8, 4) is 5.75 Å². The molecule has 26 heavy (non-hydrogen) atoms. The fraction of sp³-hybridized carbons (Fsp3) is 0.421. The van der Waals surface area contributed by atoms with Crippen LogP contribution in [0.15, 0.2) is 36.4 Å². The smallest absolute Gasteiger partial charge is 0.317 e. The fourth-order valence-corrected chi connectivity index (χ4v) is 3.38. The molecule has 0 aliphatic heterocycles. The maximum atomic E-state index is 12.3. The molecule has 0 fully saturated rings. The highest BCUT2D eigenvalue weighted by Crippen LogP contribution is 2.24. The second-order valence-corrected chi connectivity index (χ2v) is 8.77. The van der Waals surface area contributed by atoms with Gasteiger partial charge in [-0.15, -0.1) is 0 Å². The Hall–Kier alpha value is -2.28. The number of benzene rings is 2. The van der Waals surface area contributed by atoms with Crippen molar-refractivity contribution < 1.29 is 17.9 Å². The summed E-state index contributed by atoms with van der Waals surface area (Å²) in [5.41, 5.74) is 0.977. The van der Waals surface area contributed by atoms with Gasteiger partial charge in [0, 0.05) is 19.3 Å². The highest BCUT2D eigenvalue weighted by Gasteiger charge is 2.16. The molecule has 0 heterocycles. The third kappa shape index (κ3) is 5.11. The number of fused-ring (bicyclic) bond motifs is 1. The third-order valence-electron chi connectivity index (χ3n) is 4.44. The molecule has 2 amide bonds. The summed E-state index contributed by atoms with van der Waals surface area (Å²) in [6, 6.07) is 11.3. The van der Waals surface area contributed by atoms with E-state index in [1.165, 1.54) is 4.90 Å². The van der Waals surface area contributed by atoms with Crippen molar-refractivity contribution in [2.75, 3.05) is 32.2 Å². The molecule has 0 spiro atoms. The number of carbonyl (C=O) groups excluding carboxylic acids is 1. The van der Waals surface area contributed by atoms with Gasteiger partial charge >= 0.3 is 6.03 Å². The Labute approximate surface area is 155 Å². The Morgan fingerprint density at radius 3 is 2.50 bits per heavy atom. The summed E-state index contributed by atoms with van der Waals surface area (Å²) in [4.78, 5) is 13.7. The number of ether oxygens (including phenoxy) is 1. The van der Waals surface area contributed by atoms with Crippen molar-refractivity contribution >= 4 is 26.6 Å². The highest BCUT2D eigenvalue weighted by atomic mass is 32.2. The number of amides is 2. The molecule has 0 aromatic heterocycles. The molecule has 0 bridgehead atoms. The lowest BCUT2D eigenvalue weighted by Gasteiger charge is -2.21. The Kier molecular flexibility index (Phi) is 6.47. The van der Waals surface area contributed by atoms with Crippen LogP contribution in [0.4, 0.5) is 4.79 Å². The first-order valence-electron chi connectivity index (χ1n) is 8.55. The monoisotopic (exact) mass is 378 g/mol. The van der Waals surface area contributed by atoms with Gasteiger partial charge in [0.1, 0.15) is 5.75 Å². The predicted octanol–water partition coefficient (Wildman–Crippen LogP) is 2.99. The number of sulfone groups is 1. The average Bonchev–Trinajstić information content (AvgIpc) is 2.65. The first-order chi connectivity index (χ1) is 12.3. The number of hydrogen-bond acceptors (Lipinski definition) is 4. The van der Waals surface area contributed by atoms with Gasteiger partial charge in [0.05, 0.1) is 18.9 Å². The summed E-state index contributed by atoms with van der Waals surface area (Å²) in [5.74, 6) is 0.857. The van der Waals surface area contributed by atoms with Crippen molar-refractivity contribution in [3.05, 3.63) is 42.0 Å². The summed E-state index contributed by atoms with van der Waals surface area (Å²) < 4.78 is 28.4. The zero-order valence-corrected chi connectivity index (χ0v) is 16.5. The van der Waals surface area contributed by atoms with Crippen molar-refractivity contribution in [2.24, 2.45) is 0 Å². The van der Waals surface area contributed by atoms with Gasteiger partial charge in [-0.2, -0.15) is 0 Å². The lowest BCUT2D eigenvalue weighted by atomic mass is 10.0. The minimum absolute atomic E-state index is 0.0282. The summed E-state index contributed by atoms with van der Waals surface area (Å²) in [5, 5.41) is 5.03. The van der Waals surface area contributed by atoms with Crippen LogP contribution in [-0.4, -0.2) is 51.6 Å². The minimum atomic E-state index is -3.09. The molecule has 2 aromatic carbocycles. The van der Waals surface area contributed by atoms with Crippen LogP contribution in [0, 0.1) is 0 Å². The van der Waals surface area contributed by atoms with Gasteiger partial charge < -0.3 is 15.0 Å². The molecule has 0 aliphatic carbocycles. The summed E-state index contributed by atoms with van der Waals surface area (Å²) in [6.07, 6.45) is 0. The Balaban J connectivity index is 2.03. The van der Waals surface area contributed by atoms with Gasteiger partial charge in [-0.3, -0.25) is 0 Å². The average molecular weight is 378 g/mol. The Morgan fingerprint density at radius 2 is 1.85 bits per heavy atom. The summed E-state index contributed by atoms with van der Waals surface area (Å²) >= 11 is 0. The van der Waals surface area contributed by atoms with Crippen LogP contribution in [0.5, 0.6) is 5.75 Å². The van der Waals surface area contributed by atoms with Gasteiger partial charge in [-0.05, 0) is 41.5 Å². The molecule has 1 N–H and O–H groups in total. The topological polar surface area (TPSA) is 75.7 Å². The van der Waals surface area contributed by atoms with Crippen molar-refractivity contribution in [3.63, 3.8) is 0 Å². The summed E-state index contributed by atoms with van der Waals surface area (Å²) in [6.45, 7) is 3.68. The number of nitrogens with one attached hydrogen (secondary N) is 1. The molecule has 142 valence electrons. The lowest BCUT2D eigenvalue weighted by Crippen LogP contribution is -2.40. The van der Waals surface area contributed by atoms with Gasteiger partial charge in [-0.25, -0.2) is 13.2 Å². The molecule has 0 unspecified atom stereocenters. The van der Waals surface area contributed by atoms with E-state index in [4.69, 9.17) is 4.74 Å². The van der Waals surface area contributed by atoms with E-state index in [0.29, 0.717) is 0 Å². The highest BCUT2D eigenvalue weighted by molar-refractivity contribution is 7.91. The first kappa shape index (κ1) is 20.0. The maximum Gasteiger partial charge on any atom is 0.317 e. The molecule has 0 aliphatic rings. The van der Waals surface area contributed by atoms with E-state index in [9.17, 15) is 13.2 Å². The zero-order chi connectivity index (χ0) is 19.3. The van der Waals surface area contributed by atoms with Crippen LogP contribution in [0.1, 0.15) is 25.5 Å².